The molecule has 0 saturated carbocycles. The van der Waals surface area contributed by atoms with Crippen molar-refractivity contribution in [2.45, 2.75) is 90.9 Å². The normalized spacial score (nSPS) is 14.0. The van der Waals surface area contributed by atoms with Gasteiger partial charge in [-0.3, -0.25) is 0 Å². The van der Waals surface area contributed by atoms with Gasteiger partial charge in [-0.2, -0.15) is 0 Å². The predicted molar refractivity (Wildman–Crippen MR) is 334 cm³/mol. The van der Waals surface area contributed by atoms with Gasteiger partial charge in [-0.25, -0.2) is 0 Å². The third-order valence-electron chi connectivity index (χ3n) is 17.2. The fraction of sp³-hybridized carbons (Fsp3) is 0.184. The van der Waals surface area contributed by atoms with Crippen molar-refractivity contribution in [2.75, 3.05) is 9.80 Å². The van der Waals surface area contributed by atoms with Gasteiger partial charge in [-0.05, 0) is 195 Å². The molecule has 2 heteroatoms. The Morgan fingerprint density at radius 1 is 0.256 bits per heavy atom. The van der Waals surface area contributed by atoms with Crippen LogP contribution in [0.3, 0.4) is 0 Å². The van der Waals surface area contributed by atoms with Crippen LogP contribution in [0.4, 0.5) is 34.1 Å². The third-order valence-corrected chi connectivity index (χ3v) is 17.2. The Labute approximate surface area is 462 Å². The maximum atomic E-state index is 2.47. The van der Waals surface area contributed by atoms with Gasteiger partial charge in [0.05, 0.1) is 0 Å². The number of para-hydroxylation sites is 2. The standard InChI is InChI=1S/C76H68N2/c1-73(2,3)71-63-43-39-58(78(54-23-15-12-16-24-54)56-37-31-50(32-38-56)52-34-42-62-60-26-18-20-28-68(60)76(9,10)70(62)46-52)48-66(63)72(74(4,5)6)64-44-40-57(47-65(64)71)77(53-21-13-11-14-22-53)55-35-29-49(30-36-55)51-33-41-61-59-25-17-19-27-67(59)75(7,8)69(61)45-51/h11-48H,1-10H3. The minimum atomic E-state index is -0.178. The summed E-state index contributed by atoms with van der Waals surface area (Å²) in [5.74, 6) is 0. The quantitative estimate of drug-likeness (QED) is 0.140. The number of benzene rings is 11. The van der Waals surface area contributed by atoms with Crippen molar-refractivity contribution >= 4 is 55.7 Å². The van der Waals surface area contributed by atoms with E-state index in [4.69, 9.17) is 0 Å². The summed E-state index contributed by atoms with van der Waals surface area (Å²) in [6, 6.07) is 86.4. The van der Waals surface area contributed by atoms with Gasteiger partial charge in [0.1, 0.15) is 0 Å². The van der Waals surface area contributed by atoms with Gasteiger partial charge in [0, 0.05) is 45.0 Å². The molecule has 0 saturated heterocycles. The Morgan fingerprint density at radius 3 is 0.936 bits per heavy atom. The van der Waals surface area contributed by atoms with E-state index in [-0.39, 0.29) is 21.7 Å². The number of anilines is 6. The SMILES string of the molecule is CC(C)(C)c1c2ccc(N(c3ccccc3)c3ccc(-c4ccc5c(c4)C(C)(C)c4ccccc4-5)cc3)cc2c(C(C)(C)C)c2ccc(N(c3ccccc3)c3ccc(-c4ccc5c(c4)C(C)(C)c4ccccc4-5)cc3)cc12. The molecule has 0 fully saturated rings. The van der Waals surface area contributed by atoms with Gasteiger partial charge in [0.25, 0.3) is 0 Å². The summed E-state index contributed by atoms with van der Waals surface area (Å²) in [5, 5.41) is 5.17. The lowest BCUT2D eigenvalue weighted by Crippen LogP contribution is -2.18. The molecule has 0 atom stereocenters. The van der Waals surface area contributed by atoms with E-state index in [0.717, 1.165) is 34.1 Å². The Bertz CT molecular complexity index is 3860. The van der Waals surface area contributed by atoms with Crippen LogP contribution in [0, 0.1) is 0 Å². The molecule has 11 aromatic carbocycles. The van der Waals surface area contributed by atoms with E-state index < -0.39 is 0 Å². The first kappa shape index (κ1) is 49.1. The summed E-state index contributed by atoms with van der Waals surface area (Å²) in [5.41, 5.74) is 24.9. The summed E-state index contributed by atoms with van der Waals surface area (Å²) in [6.07, 6.45) is 0. The van der Waals surface area contributed by atoms with Gasteiger partial charge in [0.2, 0.25) is 0 Å². The van der Waals surface area contributed by atoms with Crippen LogP contribution in [0.25, 0.3) is 66.1 Å². The molecule has 0 bridgehead atoms. The summed E-state index contributed by atoms with van der Waals surface area (Å²) in [6.45, 7) is 23.7. The summed E-state index contributed by atoms with van der Waals surface area (Å²) in [7, 11) is 0. The van der Waals surface area contributed by atoms with Crippen LogP contribution in [0.15, 0.2) is 231 Å². The monoisotopic (exact) mass is 1010 g/mol. The summed E-state index contributed by atoms with van der Waals surface area (Å²) < 4.78 is 0. The zero-order valence-electron chi connectivity index (χ0n) is 46.8. The van der Waals surface area contributed by atoms with Crippen molar-refractivity contribution in [1.82, 2.24) is 0 Å². The molecule has 13 rings (SSSR count). The fourth-order valence-corrected chi connectivity index (χ4v) is 13.5. The van der Waals surface area contributed by atoms with E-state index >= 15 is 0 Å². The number of nitrogens with zero attached hydrogens (tertiary/aromatic N) is 2. The molecule has 0 amide bonds. The molecule has 2 nitrogen and oxygen atoms in total. The number of hydrogen-bond donors (Lipinski definition) is 0. The first-order valence-corrected chi connectivity index (χ1v) is 27.9. The number of hydrogen-bond acceptors (Lipinski definition) is 2. The highest BCUT2D eigenvalue weighted by Crippen LogP contribution is 2.53. The molecule has 0 radical (unpaired) electrons. The summed E-state index contributed by atoms with van der Waals surface area (Å²) in [4.78, 5) is 4.85. The maximum Gasteiger partial charge on any atom is 0.0468 e. The van der Waals surface area contributed by atoms with Crippen LogP contribution in [0.1, 0.15) is 103 Å². The second kappa shape index (κ2) is 18.1. The van der Waals surface area contributed by atoms with Crippen LogP contribution >= 0.6 is 0 Å². The average molecular weight is 1010 g/mol. The second-order valence-electron chi connectivity index (χ2n) is 25.0. The fourth-order valence-electron chi connectivity index (χ4n) is 13.5. The Hall–Kier alpha value is -8.46. The topological polar surface area (TPSA) is 6.48 Å². The zero-order chi connectivity index (χ0) is 53.9. The highest BCUT2D eigenvalue weighted by molar-refractivity contribution is 6.10. The van der Waals surface area contributed by atoms with Gasteiger partial charge >= 0.3 is 0 Å². The smallest absolute Gasteiger partial charge is 0.0468 e. The minimum absolute atomic E-state index is 0.0546. The molecule has 0 spiro atoms. The number of rotatable bonds is 8. The Balaban J connectivity index is 0.910. The van der Waals surface area contributed by atoms with Crippen LogP contribution in [-0.4, -0.2) is 0 Å². The third kappa shape index (κ3) is 7.98. The lowest BCUT2D eigenvalue weighted by molar-refractivity contribution is 0.593. The molecule has 78 heavy (non-hydrogen) atoms. The number of fused-ring (bicyclic) bond motifs is 8. The molecule has 0 unspecified atom stereocenters. The molecule has 382 valence electrons. The van der Waals surface area contributed by atoms with E-state index in [1.807, 2.05) is 0 Å². The van der Waals surface area contributed by atoms with E-state index in [1.165, 1.54) is 99.4 Å². The molecule has 11 aromatic rings. The molecule has 0 aliphatic heterocycles. The van der Waals surface area contributed by atoms with E-state index in [2.05, 4.69) is 310 Å². The van der Waals surface area contributed by atoms with Crippen molar-refractivity contribution < 1.29 is 0 Å². The molecule has 0 heterocycles. The largest absolute Gasteiger partial charge is 0.310 e. The van der Waals surface area contributed by atoms with Gasteiger partial charge in [-0.15, -0.1) is 0 Å². The first-order valence-electron chi connectivity index (χ1n) is 27.9. The predicted octanol–water partition coefficient (Wildman–Crippen LogP) is 21.5. The van der Waals surface area contributed by atoms with Crippen LogP contribution in [0.2, 0.25) is 0 Å². The highest BCUT2D eigenvalue weighted by atomic mass is 15.1. The van der Waals surface area contributed by atoms with Crippen molar-refractivity contribution in [3.63, 3.8) is 0 Å². The van der Waals surface area contributed by atoms with Gasteiger partial charge in [0.15, 0.2) is 0 Å². The van der Waals surface area contributed by atoms with Crippen LogP contribution in [0.5, 0.6) is 0 Å². The lowest BCUT2D eigenvalue weighted by Gasteiger charge is -2.33. The molecule has 2 aliphatic rings. The Morgan fingerprint density at radius 2 is 0.564 bits per heavy atom. The van der Waals surface area contributed by atoms with Crippen molar-refractivity contribution in [3.05, 3.63) is 264 Å². The lowest BCUT2D eigenvalue weighted by atomic mass is 9.74. The molecular formula is C76H68N2. The molecular weight excluding hydrogens is 941 g/mol. The van der Waals surface area contributed by atoms with E-state index in [0.29, 0.717) is 0 Å². The summed E-state index contributed by atoms with van der Waals surface area (Å²) >= 11 is 0. The van der Waals surface area contributed by atoms with Crippen LogP contribution < -0.4 is 9.80 Å². The highest BCUT2D eigenvalue weighted by Gasteiger charge is 2.37. The zero-order valence-corrected chi connectivity index (χ0v) is 46.8. The average Bonchev–Trinajstić information content (AvgIpc) is 3.99. The maximum absolute atomic E-state index is 2.47. The van der Waals surface area contributed by atoms with E-state index in [1.54, 1.807) is 0 Å². The van der Waals surface area contributed by atoms with Crippen LogP contribution in [-0.2, 0) is 21.7 Å². The molecule has 0 aromatic heterocycles. The van der Waals surface area contributed by atoms with Crippen molar-refractivity contribution in [1.29, 1.82) is 0 Å². The minimum Gasteiger partial charge on any atom is -0.310 e. The first-order chi connectivity index (χ1) is 37.5. The molecule has 0 N–H and O–H groups in total. The van der Waals surface area contributed by atoms with Crippen molar-refractivity contribution in [3.8, 4) is 44.5 Å². The van der Waals surface area contributed by atoms with Gasteiger partial charge in [-0.1, -0.05) is 215 Å². The Kier molecular flexibility index (Phi) is 11.4. The second-order valence-corrected chi connectivity index (χ2v) is 25.0. The molecule has 2 aliphatic carbocycles. The van der Waals surface area contributed by atoms with E-state index in [9.17, 15) is 0 Å². The van der Waals surface area contributed by atoms with Crippen molar-refractivity contribution in [2.24, 2.45) is 0 Å². The van der Waals surface area contributed by atoms with Gasteiger partial charge < -0.3 is 9.80 Å².